The van der Waals surface area contributed by atoms with Gasteiger partial charge in [0, 0.05) is 1180 Å². The molecule has 0 unspecified atom stereocenters. The van der Waals surface area contributed by atoms with Crippen LogP contribution < -0.4 is 0 Å². The third-order valence-electron chi connectivity index (χ3n) is 3.98. The maximum atomic E-state index is 4.79. The van der Waals surface area contributed by atoms with E-state index in [2.05, 4.69) is 48.3 Å². The summed E-state index contributed by atoms with van der Waals surface area (Å²) in [5.41, 5.74) is 0. The van der Waals surface area contributed by atoms with Crippen molar-refractivity contribution >= 4 is 7.28 Å². The molecule has 1 rings (SSSR count). The molecule has 1 saturated heterocycles. The minimum absolute atomic E-state index is 0. The SMILES string of the molecule is C.C.C.C.CC.CC.CC.C[CH-][C@H](C)[N-][C@H](C)[C@H]1[B][C@@H](C)[C@@H](C)CC1.[CH3-].[Y].[Y].[Y].[Y].[Y].[Y].[Y].[Y].[Y].[Y].[Y].[Y].[Y].[Y].[Y].[Y].[Y].[Y].[Y].[Y].[Y].[Y].[Y].[Y].[Y].[Y].[Y].[Y].[Y].[Y].[Y].[Y].[Y].[Y].[Y].[Y]. The van der Waals surface area contributed by atoms with Gasteiger partial charge in [-0.25, -0.2) is 0 Å². The molecule has 0 bridgehead atoms. The first-order valence-corrected chi connectivity index (χ1v) is 9.39. The van der Waals surface area contributed by atoms with Gasteiger partial charge in [0.2, 0.25) is 0 Å². The van der Waals surface area contributed by atoms with Gasteiger partial charge in [-0.15, -0.1) is 13.0 Å². The summed E-state index contributed by atoms with van der Waals surface area (Å²) in [7, 11) is 2.53. The van der Waals surface area contributed by atoms with Crippen molar-refractivity contribution in [2.24, 2.45) is 5.92 Å². The van der Waals surface area contributed by atoms with Crippen LogP contribution in [-0.4, -0.2) is 19.4 Å². The zero-order chi connectivity index (χ0) is 17.4. The molecule has 1 aliphatic heterocycles. The van der Waals surface area contributed by atoms with Crippen molar-refractivity contribution in [2.45, 2.75) is 142 Å². The van der Waals surface area contributed by atoms with Crippen LogP contribution in [0.2, 0.25) is 11.6 Å². The number of rotatable bonds is 4. The molecule has 1 aliphatic rings. The standard InChI is InChI=1S/C13H25BN.3C2H6.4CH4.CH3.36Y/c1-6-10(3)15-12(5)13-8-7-9(2)11(4)14-13;3*1-2;;;;;;;;;;;;;;;;;;;;;;;;;;;;;;;;;;;;;;;;;/h6,9-13H,7-8H2,1-5H3;3*1-2H3;4*1H4;1H3;;;;;;;;;;;;;;;;;;;;;;;;;;;;;;;;;;;;/q-2;;;;;;;;-1;;;;;;;;;;;;;;;;;;;;;;;;;;;;;;;;;;;;/t9-,10-,11-,12+,13-;;;;;;;;;;;;;;;;;;;;;;;;;;;;;;;;;;;;;;;;;;;;/m0............................................/s1. The summed E-state index contributed by atoms with van der Waals surface area (Å²) in [6.07, 6.45) is 4.87. The van der Waals surface area contributed by atoms with Gasteiger partial charge >= 0.3 is 0 Å². The van der Waals surface area contributed by atoms with Crippen molar-refractivity contribution in [1.82, 2.24) is 0 Å². The fraction of sp³-hybridized carbons (Fsp3) is 0.917. The predicted octanol–water partition coefficient (Wildman–Crippen LogP) is 10.1. The first-order valence-electron chi connectivity index (χ1n) is 9.39. The number of nitrogens with zero attached hydrogens (tertiary/aromatic N) is 1. The van der Waals surface area contributed by atoms with Gasteiger partial charge < -0.3 is 19.2 Å². The van der Waals surface area contributed by atoms with Gasteiger partial charge in [0.05, 0.1) is 0 Å². The maximum Gasteiger partial charge on any atom is 0.115 e. The van der Waals surface area contributed by atoms with Gasteiger partial charge in [0.15, 0.2) is 0 Å². The molecule has 0 aromatic carbocycles. The molecule has 38 heteroatoms. The Hall–Kier alpha value is 39.8. The van der Waals surface area contributed by atoms with E-state index in [1.54, 1.807) is 0 Å². The van der Waals surface area contributed by atoms with E-state index in [0.29, 0.717) is 17.9 Å². The summed E-state index contributed by atoms with van der Waals surface area (Å²) >= 11 is 0. The molecule has 0 N–H and O–H groups in total. The van der Waals surface area contributed by atoms with Crippen LogP contribution in [0.5, 0.6) is 0 Å². The second-order valence-electron chi connectivity index (χ2n) is 5.23. The van der Waals surface area contributed by atoms with Crippen LogP contribution >= 0.6 is 0 Å². The van der Waals surface area contributed by atoms with E-state index in [-0.39, 0.29) is 1210 Å². The van der Waals surface area contributed by atoms with Crippen molar-refractivity contribution in [2.75, 3.05) is 0 Å². The summed E-state index contributed by atoms with van der Waals surface area (Å²) in [6.45, 7) is 23.2. The van der Waals surface area contributed by atoms with Crippen LogP contribution in [0.4, 0.5) is 0 Å². The number of hydrogen-bond acceptors (Lipinski definition) is 0. The topological polar surface area (TPSA) is 14.1 Å². The van der Waals surface area contributed by atoms with Crippen LogP contribution in [0.1, 0.15) is 119 Å². The van der Waals surface area contributed by atoms with E-state index in [0.717, 1.165) is 11.7 Å². The Labute approximate surface area is 1300 Å². The molecule has 0 saturated carbocycles. The van der Waals surface area contributed by atoms with Gasteiger partial charge in [-0.05, 0) is 5.92 Å². The van der Waals surface area contributed by atoms with Gasteiger partial charge in [-0.1, -0.05) is 116 Å². The van der Waals surface area contributed by atoms with Crippen molar-refractivity contribution in [3.63, 3.8) is 0 Å². The van der Waals surface area contributed by atoms with E-state index in [1.165, 1.54) is 12.8 Å². The van der Waals surface area contributed by atoms with Crippen molar-refractivity contribution in [1.29, 1.82) is 0 Å². The third kappa shape index (κ3) is 247. The van der Waals surface area contributed by atoms with Crippen LogP contribution in [0.25, 0.3) is 5.32 Å². The molecule has 1 nitrogen and oxygen atoms in total. The molecule has 0 aliphatic carbocycles. The van der Waals surface area contributed by atoms with Gasteiger partial charge in [0.25, 0.3) is 0 Å². The quantitative estimate of drug-likeness (QED) is 0.197. The van der Waals surface area contributed by atoms with Crippen molar-refractivity contribution in [3.05, 3.63) is 19.2 Å². The second-order valence-corrected chi connectivity index (χ2v) is 5.23. The Kier molecular flexibility index (Phi) is 1400. The summed E-state index contributed by atoms with van der Waals surface area (Å²) in [4.78, 5) is 0. The molecule has 37 radical (unpaired) electrons. The summed E-state index contributed by atoms with van der Waals surface area (Å²) in [5.74, 6) is 2.34. The van der Waals surface area contributed by atoms with E-state index in [9.17, 15) is 0 Å². The summed E-state index contributed by atoms with van der Waals surface area (Å²) in [6, 6.07) is 0.897. The van der Waals surface area contributed by atoms with Crippen LogP contribution in [0, 0.1) is 19.8 Å². The molecule has 62 heavy (non-hydrogen) atoms. The van der Waals surface area contributed by atoms with E-state index in [4.69, 9.17) is 5.32 Å². The Bertz CT molecular complexity index is 246. The molecule has 0 amide bonds. The molecule has 277 valence electrons. The average Bonchev–Trinajstić information content (AvgIpc) is 2.55. The summed E-state index contributed by atoms with van der Waals surface area (Å²) < 4.78 is 0. The van der Waals surface area contributed by atoms with E-state index in [1.807, 2.05) is 41.5 Å². The van der Waals surface area contributed by atoms with Gasteiger partial charge in [0.1, 0.15) is 7.28 Å². The Morgan fingerprint density at radius 3 is 0.661 bits per heavy atom. The minimum atomic E-state index is 0. The van der Waals surface area contributed by atoms with Gasteiger partial charge in [-0.3, -0.25) is 6.04 Å². The van der Waals surface area contributed by atoms with Crippen molar-refractivity contribution in [3.8, 4) is 0 Å². The Morgan fingerprint density at radius 2 is 0.532 bits per heavy atom. The number of hydrogen-bond donors (Lipinski definition) is 0. The molecule has 5 atom stereocenters. The minimum Gasteiger partial charge on any atom is -0.684 e. The largest absolute Gasteiger partial charge is 0.684 e. The zero-order valence-electron chi connectivity index (χ0n) is 38.7. The van der Waals surface area contributed by atoms with Crippen molar-refractivity contribution < 1.29 is 1180 Å². The van der Waals surface area contributed by atoms with E-state index < -0.39 is 0 Å². The molecule has 0 spiro atoms. The molecule has 0 aromatic rings. The van der Waals surface area contributed by atoms with Crippen LogP contribution in [-0.2, 0) is 1180 Å². The zero-order valence-corrected chi connectivity index (χ0v) is 141. The van der Waals surface area contributed by atoms with Gasteiger partial charge in [-0.2, -0.15) is 6.92 Å². The average molecular weight is 3580 g/mol. The Balaban J connectivity index is -0.00000000158. The molecule has 1 heterocycles. The smallest absolute Gasteiger partial charge is 0.115 e. The first kappa shape index (κ1) is 310. The first-order chi connectivity index (χ1) is 10.0. The summed E-state index contributed by atoms with van der Waals surface area (Å²) in [5, 5.41) is 4.79. The molecular weight excluding hydrogens is 3510 g/mol. The molecular formula is C24H62BNY36-3. The van der Waals surface area contributed by atoms with E-state index >= 15 is 0 Å². The van der Waals surface area contributed by atoms with Crippen LogP contribution in [0.15, 0.2) is 0 Å². The maximum absolute atomic E-state index is 4.79. The monoisotopic (exact) mass is 3580 g/mol. The fourth-order valence-corrected chi connectivity index (χ4v) is 2.36. The van der Waals surface area contributed by atoms with Crippen LogP contribution in [0.3, 0.4) is 0 Å². The molecule has 1 fully saturated rings. The fourth-order valence-electron chi connectivity index (χ4n) is 2.36. The normalized spacial score (nSPS) is 8.92. The molecule has 0 aromatic heterocycles. The Morgan fingerprint density at radius 1 is 0.371 bits per heavy atom. The second kappa shape index (κ2) is 281. The third-order valence-corrected chi connectivity index (χ3v) is 3.98. The predicted molar refractivity (Wildman–Crippen MR) is 137 cm³/mol.